The minimum absolute atomic E-state index is 0. The van der Waals surface area contributed by atoms with Crippen molar-refractivity contribution in [2.45, 2.75) is 35.1 Å². The van der Waals surface area contributed by atoms with Gasteiger partial charge in [-0.1, -0.05) is 61.1 Å². The Bertz CT molecular complexity index is 3100. The highest BCUT2D eigenvalue weighted by Gasteiger charge is 2.15. The highest BCUT2D eigenvalue weighted by molar-refractivity contribution is 7.86. The number of nitrogens with one attached hydrogen (secondary N) is 4. The molecule has 7 rings (SSSR count). The molecule has 7 aromatic rings. The monoisotopic (exact) mass is 934 g/mol. The van der Waals surface area contributed by atoms with Crippen LogP contribution in [0.4, 0.5) is 40.5 Å². The first-order valence-corrected chi connectivity index (χ1v) is 20.4. The van der Waals surface area contributed by atoms with Crippen molar-refractivity contribution in [2.75, 3.05) is 21.7 Å². The molecule has 324 valence electrons. The number of nitriles is 3. The van der Waals surface area contributed by atoms with E-state index >= 15 is 0 Å². The van der Waals surface area contributed by atoms with E-state index in [1.54, 1.807) is 66.9 Å². The van der Waals surface area contributed by atoms with Gasteiger partial charge in [0.2, 0.25) is 11.9 Å². The molecule has 0 spiro atoms. The van der Waals surface area contributed by atoms with Gasteiger partial charge in [0.05, 0.1) is 59.7 Å². The van der Waals surface area contributed by atoms with E-state index in [1.807, 2.05) is 62.6 Å². The number of nitrogens with two attached hydrogens (primary N) is 1. The van der Waals surface area contributed by atoms with Crippen molar-refractivity contribution in [1.29, 1.82) is 15.8 Å². The SMILES string of the molecule is C.Cc1cc(/C=C/C#N)cc(C)c1Nc1nc(Nc2ccc(C#N)cc2)ncc1N.S=C(Cl)Cl.[C-]#[N+]/C=C/c1cc(C)c(-n2c(=S)[nH]c3cnc(Nc4ccc(C#N)cc4)nc32)c(C)c1. The van der Waals surface area contributed by atoms with Gasteiger partial charge in [0.15, 0.2) is 26.2 Å². The van der Waals surface area contributed by atoms with Gasteiger partial charge in [-0.2, -0.15) is 25.8 Å². The number of benzene rings is 4. The number of rotatable bonds is 9. The number of aromatic amines is 1. The van der Waals surface area contributed by atoms with Crippen molar-refractivity contribution in [1.82, 2.24) is 29.5 Å². The Morgan fingerprint density at radius 3 is 1.78 bits per heavy atom. The number of thiocarbonyl (C=S) groups is 1. The zero-order valence-electron chi connectivity index (χ0n) is 34.6. The van der Waals surface area contributed by atoms with E-state index in [4.69, 9.17) is 63.5 Å². The van der Waals surface area contributed by atoms with Crippen molar-refractivity contribution >= 4 is 115 Å². The number of fused-ring (bicyclic) bond motifs is 1. The van der Waals surface area contributed by atoms with Crippen LogP contribution < -0.4 is 21.7 Å². The van der Waals surface area contributed by atoms with E-state index in [-0.39, 0.29) is 11.2 Å². The Kier molecular flexibility index (Phi) is 17.9. The third-order valence-corrected chi connectivity index (χ3v) is 9.29. The average Bonchev–Trinajstić information content (AvgIpc) is 3.59. The van der Waals surface area contributed by atoms with Gasteiger partial charge in [0, 0.05) is 23.1 Å². The highest BCUT2D eigenvalue weighted by atomic mass is 35.5. The summed E-state index contributed by atoms with van der Waals surface area (Å²) in [7, 11) is 0. The summed E-state index contributed by atoms with van der Waals surface area (Å²) in [4.78, 5) is 24.2. The fourth-order valence-corrected chi connectivity index (χ4v) is 6.62. The van der Waals surface area contributed by atoms with Crippen molar-refractivity contribution in [3.05, 3.63) is 158 Å². The summed E-state index contributed by atoms with van der Waals surface area (Å²) in [6, 6.07) is 28.3. The molecule has 0 aliphatic heterocycles. The summed E-state index contributed by atoms with van der Waals surface area (Å²) in [6.07, 6.45) is 9.67. The van der Waals surface area contributed by atoms with Gasteiger partial charge in [-0.3, -0.25) is 4.57 Å². The van der Waals surface area contributed by atoms with Crippen LogP contribution in [0.1, 0.15) is 51.9 Å². The fourth-order valence-electron chi connectivity index (χ4n) is 6.34. The average molecular weight is 936 g/mol. The van der Waals surface area contributed by atoms with Crippen LogP contribution in [0.2, 0.25) is 0 Å². The maximum absolute atomic E-state index is 8.95. The van der Waals surface area contributed by atoms with E-state index in [1.165, 1.54) is 18.5 Å². The molecule has 3 heterocycles. The van der Waals surface area contributed by atoms with Gasteiger partial charge in [-0.25, -0.2) is 14.8 Å². The number of aryl methyl sites for hydroxylation is 4. The molecule has 6 N–H and O–H groups in total. The second-order valence-corrected chi connectivity index (χ2v) is 15.8. The molecular weight excluding hydrogens is 896 g/mol. The Labute approximate surface area is 397 Å². The molecule has 0 unspecified atom stereocenters. The maximum atomic E-state index is 8.95. The topological polar surface area (TPSA) is 210 Å². The molecular formula is C47H40Cl2N14S2. The maximum Gasteiger partial charge on any atom is 0.229 e. The van der Waals surface area contributed by atoms with Gasteiger partial charge in [0.25, 0.3) is 0 Å². The second-order valence-electron chi connectivity index (χ2n) is 13.6. The molecule has 18 heteroatoms. The highest BCUT2D eigenvalue weighted by Crippen LogP contribution is 2.30. The van der Waals surface area contributed by atoms with E-state index in [9.17, 15) is 0 Å². The lowest BCUT2D eigenvalue weighted by Gasteiger charge is -2.15. The molecule has 3 aromatic heterocycles. The van der Waals surface area contributed by atoms with Gasteiger partial charge < -0.3 is 26.7 Å². The fraction of sp³-hybridized carbons (Fsp3) is 0.106. The van der Waals surface area contributed by atoms with E-state index in [0.29, 0.717) is 44.9 Å². The van der Waals surface area contributed by atoms with Crippen LogP contribution in [0.5, 0.6) is 0 Å². The smallest absolute Gasteiger partial charge is 0.229 e. The number of allylic oxidation sites excluding steroid dienone is 1. The normalized spacial score (nSPS) is 10.2. The lowest BCUT2D eigenvalue weighted by Crippen LogP contribution is -2.06. The first-order valence-electron chi connectivity index (χ1n) is 18.8. The van der Waals surface area contributed by atoms with E-state index < -0.39 is 0 Å². The summed E-state index contributed by atoms with van der Waals surface area (Å²) in [5.74, 6) is 1.30. The minimum Gasteiger partial charge on any atom is -0.394 e. The van der Waals surface area contributed by atoms with E-state index in [0.717, 1.165) is 61.6 Å². The van der Waals surface area contributed by atoms with Crippen molar-refractivity contribution < 1.29 is 0 Å². The van der Waals surface area contributed by atoms with Crippen molar-refractivity contribution in [3.63, 3.8) is 0 Å². The number of H-pyrrole nitrogens is 1. The molecule has 0 amide bonds. The lowest BCUT2D eigenvalue weighted by atomic mass is 10.0. The molecule has 0 radical (unpaired) electrons. The lowest BCUT2D eigenvalue weighted by molar-refractivity contribution is 1.01. The number of nitrogen functional groups attached to an aromatic ring is 1. The Morgan fingerprint density at radius 2 is 1.28 bits per heavy atom. The summed E-state index contributed by atoms with van der Waals surface area (Å²) in [6.45, 7) is 14.9. The number of nitrogens with zero attached hydrogens (tertiary/aromatic N) is 9. The molecule has 14 nitrogen and oxygen atoms in total. The first-order chi connectivity index (χ1) is 30.7. The third kappa shape index (κ3) is 13.5. The number of anilines is 7. The largest absolute Gasteiger partial charge is 0.394 e. The van der Waals surface area contributed by atoms with Crippen LogP contribution in [0.3, 0.4) is 0 Å². The first kappa shape index (κ1) is 49.7. The number of aromatic nitrogens is 6. The van der Waals surface area contributed by atoms with Crippen LogP contribution in [-0.4, -0.2) is 33.3 Å². The minimum atomic E-state index is -0.0556. The van der Waals surface area contributed by atoms with E-state index in [2.05, 4.69) is 70.1 Å². The Morgan fingerprint density at radius 1 is 0.785 bits per heavy atom. The Hall–Kier alpha value is -7.96. The van der Waals surface area contributed by atoms with Crippen LogP contribution in [-0.2, 0) is 0 Å². The quantitative estimate of drug-likeness (QED) is 0.0395. The Balaban J connectivity index is 0.000000260. The van der Waals surface area contributed by atoms with Crippen LogP contribution in [0, 0.1) is 73.0 Å². The molecule has 0 saturated carbocycles. The molecule has 0 aliphatic rings. The molecule has 0 aliphatic carbocycles. The molecule has 0 bridgehead atoms. The van der Waals surface area contributed by atoms with Gasteiger partial charge in [0.1, 0.15) is 5.52 Å². The number of hydrogen-bond acceptors (Lipinski definition) is 13. The summed E-state index contributed by atoms with van der Waals surface area (Å²) in [5, 5.41) is 36.1. The van der Waals surface area contributed by atoms with Gasteiger partial charge in [-0.05, 0) is 140 Å². The predicted molar refractivity (Wildman–Crippen MR) is 269 cm³/mol. The third-order valence-electron chi connectivity index (χ3n) is 9.01. The summed E-state index contributed by atoms with van der Waals surface area (Å²) in [5.41, 5.74) is 18.4. The van der Waals surface area contributed by atoms with Gasteiger partial charge in [-0.15, -0.1) is 0 Å². The second kappa shape index (κ2) is 23.5. The molecule has 0 saturated heterocycles. The molecule has 4 aromatic carbocycles. The number of halogens is 2. The number of imidazole rings is 1. The molecule has 0 atom stereocenters. The molecule has 65 heavy (non-hydrogen) atoms. The zero-order valence-corrected chi connectivity index (χ0v) is 37.7. The number of hydrogen-bond donors (Lipinski definition) is 5. The van der Waals surface area contributed by atoms with Crippen molar-refractivity contribution in [3.8, 4) is 23.9 Å². The standard InChI is InChI=1S/C23H17N7S.C22H19N7.CCl2S.CH4/c1-14-10-17(8-9-25-3)11-15(2)20(14)30-21-19(28-23(30)31)13-26-22(29-21)27-18-6-4-16(12-24)5-7-18;1-14-10-17(4-3-9-23)11-15(2)20(14)28-21-19(25)13-26-22(29-21)27-18-7-5-16(12-24)6-8-18;2-1(3)4;/h4-11,13H,1-2H3,(H,28,31)(H,26,27,29);3-8,10-11,13H,25H2,1-2H3,(H2,26,27,28,29);;1H4/b9-8+;4-3+;;. The zero-order chi connectivity index (χ0) is 46.3. The predicted octanol–water partition coefficient (Wildman–Crippen LogP) is 12.6. The summed E-state index contributed by atoms with van der Waals surface area (Å²) >= 11 is 19.2. The van der Waals surface area contributed by atoms with Crippen molar-refractivity contribution in [2.24, 2.45) is 0 Å². The van der Waals surface area contributed by atoms with Crippen LogP contribution >= 0.6 is 47.6 Å². The van der Waals surface area contributed by atoms with Gasteiger partial charge >= 0.3 is 0 Å². The van der Waals surface area contributed by atoms with Crippen LogP contribution in [0.25, 0.3) is 33.8 Å². The van der Waals surface area contributed by atoms with Crippen LogP contribution in [0.15, 0.2) is 97.5 Å². The molecule has 0 fully saturated rings. The summed E-state index contributed by atoms with van der Waals surface area (Å²) < 4.78 is 2.37.